The fourth-order valence-corrected chi connectivity index (χ4v) is 1.95. The van der Waals surface area contributed by atoms with E-state index in [2.05, 4.69) is 33.0 Å². The Bertz CT molecular complexity index is 455. The zero-order valence-electron chi connectivity index (χ0n) is 11.8. The second-order valence-electron chi connectivity index (χ2n) is 5.06. The number of nitrogens with two attached hydrogens (primary N) is 1. The summed E-state index contributed by atoms with van der Waals surface area (Å²) in [7, 11) is 0. The molecule has 104 valence electrons. The highest BCUT2D eigenvalue weighted by atomic mass is 16.2. The van der Waals surface area contributed by atoms with Crippen molar-refractivity contribution in [2.75, 3.05) is 5.32 Å². The van der Waals surface area contributed by atoms with E-state index in [4.69, 9.17) is 5.73 Å². The van der Waals surface area contributed by atoms with Crippen LogP contribution in [-0.4, -0.2) is 12.1 Å². The van der Waals surface area contributed by atoms with Crippen LogP contribution in [0, 0.1) is 0 Å². The third-order valence-corrected chi connectivity index (χ3v) is 2.85. The van der Waals surface area contributed by atoms with Crippen molar-refractivity contribution in [3.8, 4) is 0 Å². The molecule has 0 unspecified atom stereocenters. The summed E-state index contributed by atoms with van der Waals surface area (Å²) in [6.45, 7) is 8.21. The molecule has 19 heavy (non-hydrogen) atoms. The summed E-state index contributed by atoms with van der Waals surface area (Å²) in [4.78, 5) is 22.3. The molecule has 0 bridgehead atoms. The molecule has 0 fully saturated rings. The summed E-state index contributed by atoms with van der Waals surface area (Å²) >= 11 is 0. The molecule has 0 aliphatic heterocycles. The second kappa shape index (κ2) is 6.22. The molecular weight excluding hydrogens is 242 g/mol. The number of hydrogen-bond donors (Lipinski definition) is 3. The molecule has 0 radical (unpaired) electrons. The van der Waals surface area contributed by atoms with Gasteiger partial charge in [0.05, 0.1) is 0 Å². The molecule has 1 rings (SSSR count). The van der Waals surface area contributed by atoms with E-state index in [0.717, 1.165) is 16.8 Å². The fourth-order valence-electron chi connectivity index (χ4n) is 1.95. The maximum Gasteiger partial charge on any atom is 0.327 e. The van der Waals surface area contributed by atoms with Crippen LogP contribution in [0.25, 0.3) is 0 Å². The lowest BCUT2D eigenvalue weighted by atomic mass is 9.93. The Morgan fingerprint density at radius 3 is 1.89 bits per heavy atom. The lowest BCUT2D eigenvalue weighted by Gasteiger charge is -2.19. The molecule has 0 saturated carbocycles. The van der Waals surface area contributed by atoms with E-state index in [9.17, 15) is 9.59 Å². The average Bonchev–Trinajstić information content (AvgIpc) is 2.27. The summed E-state index contributed by atoms with van der Waals surface area (Å²) in [5, 5.41) is 4.73. The lowest BCUT2D eigenvalue weighted by Crippen LogP contribution is -2.38. The zero-order chi connectivity index (χ0) is 14.6. The van der Waals surface area contributed by atoms with Gasteiger partial charge in [0.25, 0.3) is 0 Å². The number of carbonyl (C=O) groups excluding carboxylic acids is 2. The lowest BCUT2D eigenvalue weighted by molar-refractivity contribution is 0.238. The summed E-state index contributed by atoms with van der Waals surface area (Å²) in [5.41, 5.74) is 7.75. The van der Waals surface area contributed by atoms with Gasteiger partial charge in [-0.05, 0) is 23.0 Å². The Morgan fingerprint density at radius 1 is 1.05 bits per heavy atom. The van der Waals surface area contributed by atoms with E-state index >= 15 is 0 Å². The summed E-state index contributed by atoms with van der Waals surface area (Å²) in [5.74, 6) is 0.533. The first-order valence-corrected chi connectivity index (χ1v) is 6.33. The van der Waals surface area contributed by atoms with Gasteiger partial charge >= 0.3 is 12.1 Å². The van der Waals surface area contributed by atoms with E-state index in [1.54, 1.807) is 0 Å². The Labute approximate surface area is 113 Å². The third-order valence-electron chi connectivity index (χ3n) is 2.85. The van der Waals surface area contributed by atoms with Crippen molar-refractivity contribution in [2.45, 2.75) is 39.5 Å². The Morgan fingerprint density at radius 2 is 1.53 bits per heavy atom. The summed E-state index contributed by atoms with van der Waals surface area (Å²) in [6, 6.07) is 4.43. The van der Waals surface area contributed by atoms with Gasteiger partial charge in [0.15, 0.2) is 0 Å². The van der Waals surface area contributed by atoms with E-state index in [-0.39, 0.29) is 11.8 Å². The van der Waals surface area contributed by atoms with Crippen molar-refractivity contribution >= 4 is 17.7 Å². The summed E-state index contributed by atoms with van der Waals surface area (Å²) < 4.78 is 0. The maximum atomic E-state index is 11.6. The monoisotopic (exact) mass is 263 g/mol. The first-order chi connectivity index (χ1) is 8.82. The number of nitrogens with one attached hydrogen (secondary N) is 2. The minimum absolute atomic E-state index is 0.266. The molecule has 4 amide bonds. The van der Waals surface area contributed by atoms with E-state index in [0.29, 0.717) is 0 Å². The van der Waals surface area contributed by atoms with Gasteiger partial charge < -0.3 is 11.1 Å². The van der Waals surface area contributed by atoms with Crippen LogP contribution in [0.15, 0.2) is 18.2 Å². The zero-order valence-corrected chi connectivity index (χ0v) is 11.8. The third kappa shape index (κ3) is 3.98. The Balaban J connectivity index is 3.14. The first kappa shape index (κ1) is 15.0. The van der Waals surface area contributed by atoms with Gasteiger partial charge in [-0.15, -0.1) is 0 Å². The van der Waals surface area contributed by atoms with Gasteiger partial charge in [-0.3, -0.25) is 5.32 Å². The molecule has 0 aliphatic rings. The number of hydrogen-bond acceptors (Lipinski definition) is 2. The molecule has 1 aromatic rings. The van der Waals surface area contributed by atoms with Gasteiger partial charge in [-0.25, -0.2) is 9.59 Å². The van der Waals surface area contributed by atoms with Crippen LogP contribution in [0.3, 0.4) is 0 Å². The standard InChI is InChI=1S/C14H21N3O2/c1-8(2)10-6-5-7-11(9(3)4)12(10)16-14(19)17-13(15)18/h5-9H,1-4H3,(H4,15,16,17,18,19). The van der Waals surface area contributed by atoms with E-state index < -0.39 is 12.1 Å². The molecular formula is C14H21N3O2. The Kier molecular flexibility index (Phi) is 4.92. The number of carbonyl (C=O) groups is 2. The Hall–Kier alpha value is -2.04. The average molecular weight is 263 g/mol. The van der Waals surface area contributed by atoms with E-state index in [1.165, 1.54) is 0 Å². The van der Waals surface area contributed by atoms with Crippen LogP contribution in [0.5, 0.6) is 0 Å². The smallest absolute Gasteiger partial charge is 0.327 e. The topological polar surface area (TPSA) is 84.2 Å². The predicted octanol–water partition coefficient (Wildman–Crippen LogP) is 3.13. The number of urea groups is 2. The quantitative estimate of drug-likeness (QED) is 0.782. The molecule has 0 aliphatic carbocycles. The molecule has 0 atom stereocenters. The highest BCUT2D eigenvalue weighted by Gasteiger charge is 2.16. The summed E-state index contributed by atoms with van der Waals surface area (Å²) in [6.07, 6.45) is 0. The molecule has 1 aromatic carbocycles. The number of para-hydroxylation sites is 1. The van der Waals surface area contributed by atoms with Gasteiger partial charge in [0.1, 0.15) is 0 Å². The van der Waals surface area contributed by atoms with Crippen molar-refractivity contribution in [2.24, 2.45) is 5.73 Å². The van der Waals surface area contributed by atoms with Crippen LogP contribution >= 0.6 is 0 Å². The van der Waals surface area contributed by atoms with Crippen molar-refractivity contribution in [1.82, 2.24) is 5.32 Å². The number of anilines is 1. The van der Waals surface area contributed by atoms with Gasteiger partial charge in [-0.1, -0.05) is 45.9 Å². The first-order valence-electron chi connectivity index (χ1n) is 6.33. The molecule has 4 N–H and O–H groups in total. The highest BCUT2D eigenvalue weighted by molar-refractivity contribution is 6.01. The van der Waals surface area contributed by atoms with Crippen molar-refractivity contribution in [1.29, 1.82) is 0 Å². The van der Waals surface area contributed by atoms with Crippen LogP contribution in [0.1, 0.15) is 50.7 Å². The van der Waals surface area contributed by atoms with Gasteiger partial charge in [-0.2, -0.15) is 0 Å². The minimum Gasteiger partial charge on any atom is -0.351 e. The molecule has 5 nitrogen and oxygen atoms in total. The van der Waals surface area contributed by atoms with Crippen molar-refractivity contribution in [3.63, 3.8) is 0 Å². The largest absolute Gasteiger partial charge is 0.351 e. The molecule has 0 aromatic heterocycles. The van der Waals surface area contributed by atoms with Gasteiger partial charge in [0.2, 0.25) is 0 Å². The van der Waals surface area contributed by atoms with E-state index in [1.807, 2.05) is 23.5 Å². The minimum atomic E-state index is -0.870. The highest BCUT2D eigenvalue weighted by Crippen LogP contribution is 2.32. The number of benzene rings is 1. The number of imide groups is 1. The van der Waals surface area contributed by atoms with Crippen molar-refractivity contribution < 1.29 is 9.59 Å². The number of amides is 4. The van der Waals surface area contributed by atoms with Crippen LogP contribution < -0.4 is 16.4 Å². The molecule has 0 heterocycles. The predicted molar refractivity (Wildman–Crippen MR) is 76.4 cm³/mol. The van der Waals surface area contributed by atoms with Crippen LogP contribution in [-0.2, 0) is 0 Å². The molecule has 0 spiro atoms. The van der Waals surface area contributed by atoms with Crippen LogP contribution in [0.2, 0.25) is 0 Å². The second-order valence-corrected chi connectivity index (χ2v) is 5.06. The fraction of sp³-hybridized carbons (Fsp3) is 0.429. The number of rotatable bonds is 3. The van der Waals surface area contributed by atoms with Crippen LogP contribution in [0.4, 0.5) is 15.3 Å². The molecule has 5 heteroatoms. The normalized spacial score (nSPS) is 10.6. The SMILES string of the molecule is CC(C)c1cccc(C(C)C)c1NC(=O)NC(N)=O. The molecule has 0 saturated heterocycles. The van der Waals surface area contributed by atoms with Gasteiger partial charge in [0, 0.05) is 5.69 Å². The maximum absolute atomic E-state index is 11.6. The number of primary amides is 1. The van der Waals surface area contributed by atoms with Crippen molar-refractivity contribution in [3.05, 3.63) is 29.3 Å².